The number of methoxy groups -OCH3 is 1. The van der Waals surface area contributed by atoms with Crippen LogP contribution in [-0.4, -0.2) is 51.8 Å². The number of fused-ring (bicyclic) bond motifs is 1. The number of carboxylic acid groups (broad SMARTS) is 1. The normalized spacial score (nSPS) is 10.9. The molecule has 0 unspecified atom stereocenters. The average molecular weight is 388 g/mol. The number of aromatic nitrogens is 3. The number of nitrogens with one attached hydrogen (secondary N) is 1. The Labute approximate surface area is 157 Å². The molecule has 140 valence electrons. The molecule has 0 fully saturated rings. The molecule has 0 aliphatic heterocycles. The number of nitrogens with zero attached hydrogens (tertiary/aromatic N) is 3. The van der Waals surface area contributed by atoms with Crippen LogP contribution in [0.1, 0.15) is 10.4 Å². The molecule has 10 heteroatoms. The van der Waals surface area contributed by atoms with Crippen molar-refractivity contribution in [2.24, 2.45) is 0 Å². The maximum Gasteiger partial charge on any atom is 0.337 e. The molecule has 3 aromatic heterocycles. The largest absolute Gasteiger partial charge is 0.478 e. The minimum absolute atomic E-state index is 0.00941. The Morgan fingerprint density at radius 1 is 1.41 bits per heavy atom. The predicted octanol–water partition coefficient (Wildman–Crippen LogP) is 0.981. The van der Waals surface area contributed by atoms with Gasteiger partial charge in [0.1, 0.15) is 17.2 Å². The number of pyridine rings is 1. The minimum atomic E-state index is -1.22. The molecule has 3 rings (SSSR count). The van der Waals surface area contributed by atoms with E-state index in [2.05, 4.69) is 15.3 Å². The van der Waals surface area contributed by atoms with Crippen molar-refractivity contribution < 1.29 is 19.4 Å². The SMILES string of the molecule is COCCNC(=O)Cn1c(-c2cccnc2)nc2scc(C(=O)O)c2c1=O. The molecule has 0 bridgehead atoms. The summed E-state index contributed by atoms with van der Waals surface area (Å²) in [6.45, 7) is 0.326. The van der Waals surface area contributed by atoms with Crippen LogP contribution < -0.4 is 10.9 Å². The van der Waals surface area contributed by atoms with Gasteiger partial charge in [-0.05, 0) is 12.1 Å². The smallest absolute Gasteiger partial charge is 0.337 e. The van der Waals surface area contributed by atoms with Gasteiger partial charge in [0.2, 0.25) is 5.91 Å². The van der Waals surface area contributed by atoms with E-state index in [-0.39, 0.29) is 23.3 Å². The van der Waals surface area contributed by atoms with E-state index in [1.165, 1.54) is 23.3 Å². The summed E-state index contributed by atoms with van der Waals surface area (Å²) in [7, 11) is 1.51. The topological polar surface area (TPSA) is 123 Å². The second-order valence-corrected chi connectivity index (χ2v) is 6.40. The molecule has 2 N–H and O–H groups in total. The molecule has 3 heterocycles. The second-order valence-electron chi connectivity index (χ2n) is 5.55. The van der Waals surface area contributed by atoms with Crippen molar-refractivity contribution in [1.29, 1.82) is 0 Å². The molecule has 9 nitrogen and oxygen atoms in total. The van der Waals surface area contributed by atoms with Crippen molar-refractivity contribution >= 4 is 33.4 Å². The fourth-order valence-corrected chi connectivity index (χ4v) is 3.44. The van der Waals surface area contributed by atoms with Crippen molar-refractivity contribution in [3.8, 4) is 11.4 Å². The summed E-state index contributed by atoms with van der Waals surface area (Å²) < 4.78 is 6.05. The molecule has 0 saturated heterocycles. The van der Waals surface area contributed by atoms with E-state index < -0.39 is 17.4 Å². The number of carbonyl (C=O) groups excluding carboxylic acids is 1. The Morgan fingerprint density at radius 3 is 2.89 bits per heavy atom. The summed E-state index contributed by atoms with van der Waals surface area (Å²) in [5.41, 5.74) is -0.162. The second kappa shape index (κ2) is 8.06. The summed E-state index contributed by atoms with van der Waals surface area (Å²) in [6, 6.07) is 3.40. The summed E-state index contributed by atoms with van der Waals surface area (Å²) in [4.78, 5) is 45.4. The molecule has 0 radical (unpaired) electrons. The molecule has 0 aliphatic carbocycles. The number of carbonyl (C=O) groups is 2. The Balaban J connectivity index is 2.13. The Kier molecular flexibility index (Phi) is 5.57. The minimum Gasteiger partial charge on any atom is -0.478 e. The highest BCUT2D eigenvalue weighted by atomic mass is 32.1. The van der Waals surface area contributed by atoms with E-state index in [4.69, 9.17) is 4.74 Å². The molecule has 0 atom stereocenters. The number of thiophene rings is 1. The number of rotatable bonds is 7. The first-order chi connectivity index (χ1) is 13.0. The van der Waals surface area contributed by atoms with Gasteiger partial charge >= 0.3 is 5.97 Å². The van der Waals surface area contributed by atoms with Gasteiger partial charge in [-0.25, -0.2) is 9.78 Å². The van der Waals surface area contributed by atoms with E-state index in [1.807, 2.05) is 0 Å². The lowest BCUT2D eigenvalue weighted by atomic mass is 10.2. The molecule has 3 aromatic rings. The Hall–Kier alpha value is -3.11. The first-order valence-electron chi connectivity index (χ1n) is 7.94. The highest BCUT2D eigenvalue weighted by Gasteiger charge is 2.21. The van der Waals surface area contributed by atoms with Gasteiger partial charge in [0, 0.05) is 37.0 Å². The quantitative estimate of drug-likeness (QED) is 0.578. The van der Waals surface area contributed by atoms with Crippen LogP contribution in [0, 0.1) is 0 Å². The van der Waals surface area contributed by atoms with E-state index >= 15 is 0 Å². The molecule has 0 aliphatic rings. The fraction of sp³-hybridized carbons (Fsp3) is 0.235. The van der Waals surface area contributed by atoms with Crippen LogP contribution in [0.3, 0.4) is 0 Å². The lowest BCUT2D eigenvalue weighted by Gasteiger charge is -2.12. The van der Waals surface area contributed by atoms with Crippen LogP contribution in [0.15, 0.2) is 34.7 Å². The van der Waals surface area contributed by atoms with Crippen molar-refractivity contribution in [2.75, 3.05) is 20.3 Å². The van der Waals surface area contributed by atoms with Crippen LogP contribution in [-0.2, 0) is 16.1 Å². The number of hydrogen-bond acceptors (Lipinski definition) is 7. The van der Waals surface area contributed by atoms with E-state index in [1.54, 1.807) is 18.3 Å². The highest BCUT2D eigenvalue weighted by molar-refractivity contribution is 7.17. The fourth-order valence-electron chi connectivity index (χ4n) is 2.54. The third kappa shape index (κ3) is 3.86. The molecule has 0 spiro atoms. The van der Waals surface area contributed by atoms with Crippen molar-refractivity contribution in [3.63, 3.8) is 0 Å². The van der Waals surface area contributed by atoms with E-state index in [0.29, 0.717) is 23.5 Å². The van der Waals surface area contributed by atoms with Gasteiger partial charge in [-0.2, -0.15) is 0 Å². The summed E-state index contributed by atoms with van der Waals surface area (Å²) >= 11 is 1.07. The van der Waals surface area contributed by atoms with E-state index in [9.17, 15) is 19.5 Å². The van der Waals surface area contributed by atoms with E-state index in [0.717, 1.165) is 11.3 Å². The van der Waals surface area contributed by atoms with Gasteiger partial charge in [0.25, 0.3) is 5.56 Å². The van der Waals surface area contributed by atoms with Crippen LogP contribution in [0.25, 0.3) is 21.6 Å². The molecule has 1 amide bonds. The summed E-state index contributed by atoms with van der Waals surface area (Å²) in [6.07, 6.45) is 3.11. The van der Waals surface area contributed by atoms with Gasteiger partial charge in [-0.15, -0.1) is 11.3 Å². The number of ether oxygens (including phenoxy) is 1. The standard InChI is InChI=1S/C17H16N4O5S/c1-26-6-5-19-12(22)8-21-14(10-3-2-4-18-7-10)20-15-13(16(21)23)11(9-27-15)17(24)25/h2-4,7,9H,5-6,8H2,1H3,(H,19,22)(H,24,25). The number of carboxylic acids is 1. The molecule has 27 heavy (non-hydrogen) atoms. The predicted molar refractivity (Wildman–Crippen MR) is 99.0 cm³/mol. The Morgan fingerprint density at radius 2 is 2.22 bits per heavy atom. The molecule has 0 saturated carbocycles. The number of hydrogen-bond donors (Lipinski definition) is 2. The van der Waals surface area contributed by atoms with Crippen molar-refractivity contribution in [3.05, 3.63) is 45.8 Å². The summed E-state index contributed by atoms with van der Waals surface area (Å²) in [5, 5.41) is 13.3. The average Bonchev–Trinajstić information content (AvgIpc) is 3.09. The Bertz CT molecular complexity index is 1040. The van der Waals surface area contributed by atoms with Crippen LogP contribution >= 0.6 is 11.3 Å². The monoisotopic (exact) mass is 388 g/mol. The lowest BCUT2D eigenvalue weighted by molar-refractivity contribution is -0.121. The van der Waals surface area contributed by atoms with Gasteiger partial charge in [-0.3, -0.25) is 19.1 Å². The first-order valence-corrected chi connectivity index (χ1v) is 8.82. The molecular formula is C17H16N4O5S. The van der Waals surface area contributed by atoms with Crippen molar-refractivity contribution in [1.82, 2.24) is 19.9 Å². The van der Waals surface area contributed by atoms with Gasteiger partial charge in [0.15, 0.2) is 0 Å². The molecule has 0 aromatic carbocycles. The third-order valence-electron chi connectivity index (χ3n) is 3.77. The molecular weight excluding hydrogens is 372 g/mol. The zero-order chi connectivity index (χ0) is 19.4. The van der Waals surface area contributed by atoms with Crippen LogP contribution in [0.4, 0.5) is 0 Å². The van der Waals surface area contributed by atoms with Gasteiger partial charge in [0.05, 0.1) is 17.6 Å². The van der Waals surface area contributed by atoms with Gasteiger partial charge in [-0.1, -0.05) is 0 Å². The maximum absolute atomic E-state index is 13.0. The highest BCUT2D eigenvalue weighted by Crippen LogP contribution is 2.25. The van der Waals surface area contributed by atoms with Crippen molar-refractivity contribution in [2.45, 2.75) is 6.54 Å². The number of aromatic carboxylic acids is 1. The zero-order valence-corrected chi connectivity index (χ0v) is 15.2. The maximum atomic E-state index is 13.0. The van der Waals surface area contributed by atoms with Crippen LogP contribution in [0.5, 0.6) is 0 Å². The van der Waals surface area contributed by atoms with Crippen LogP contribution in [0.2, 0.25) is 0 Å². The zero-order valence-electron chi connectivity index (χ0n) is 14.3. The number of amides is 1. The van der Waals surface area contributed by atoms with Gasteiger partial charge < -0.3 is 15.2 Å². The first kappa shape index (κ1) is 18.7. The summed E-state index contributed by atoms with van der Waals surface area (Å²) in [5.74, 6) is -1.38. The third-order valence-corrected chi connectivity index (χ3v) is 4.65. The lowest BCUT2D eigenvalue weighted by Crippen LogP contribution is -2.35.